The standard InChI is InChI=1S/C23H29N3O5/c27-21-13-20(15-25-8-10-26(11-9-25)18-5-2-1-3-6-18)30-16-22(21)31-17-23(28)24-14-19-7-4-12-29-19/h1-3,5-6,13,16,19H,4,7-12,14-15,17H2,(H,24,28)/p+1/t19-/m0/s1. The maximum Gasteiger partial charge on any atom is 0.258 e. The normalized spacial score (nSPS) is 19.4. The molecule has 3 heterocycles. The Labute approximate surface area is 181 Å². The number of hydrogen-bond donors (Lipinski definition) is 2. The molecule has 2 saturated heterocycles. The van der Waals surface area contributed by atoms with Gasteiger partial charge in [-0.15, -0.1) is 0 Å². The van der Waals surface area contributed by atoms with Gasteiger partial charge in [-0.1, -0.05) is 18.2 Å². The predicted molar refractivity (Wildman–Crippen MR) is 116 cm³/mol. The van der Waals surface area contributed by atoms with Gasteiger partial charge in [-0.3, -0.25) is 9.59 Å². The molecule has 4 rings (SSSR count). The summed E-state index contributed by atoms with van der Waals surface area (Å²) in [5.74, 6) is 0.406. The Morgan fingerprint density at radius 2 is 2.03 bits per heavy atom. The van der Waals surface area contributed by atoms with Gasteiger partial charge >= 0.3 is 0 Å². The van der Waals surface area contributed by atoms with Gasteiger partial charge in [-0.2, -0.15) is 0 Å². The Morgan fingerprint density at radius 3 is 2.74 bits per heavy atom. The fraction of sp³-hybridized carbons (Fsp3) is 0.478. The van der Waals surface area contributed by atoms with E-state index in [1.54, 1.807) is 0 Å². The molecule has 1 aromatic heterocycles. The zero-order valence-electron chi connectivity index (χ0n) is 17.7. The van der Waals surface area contributed by atoms with Crippen LogP contribution in [0.3, 0.4) is 0 Å². The molecule has 2 N–H and O–H groups in total. The Hall–Kier alpha value is -2.84. The quantitative estimate of drug-likeness (QED) is 0.626. The third kappa shape index (κ3) is 6.08. The first-order valence-corrected chi connectivity index (χ1v) is 10.9. The summed E-state index contributed by atoms with van der Waals surface area (Å²) in [5.41, 5.74) is 0.977. The minimum Gasteiger partial charge on any atom is -0.477 e. The maximum atomic E-state index is 12.3. The first kappa shape index (κ1) is 21.4. The molecule has 166 valence electrons. The van der Waals surface area contributed by atoms with Gasteiger partial charge in [-0.05, 0) is 25.0 Å². The van der Waals surface area contributed by atoms with E-state index in [1.807, 2.05) is 6.07 Å². The second-order valence-corrected chi connectivity index (χ2v) is 8.05. The van der Waals surface area contributed by atoms with Crippen LogP contribution >= 0.6 is 0 Å². The van der Waals surface area contributed by atoms with E-state index < -0.39 is 0 Å². The van der Waals surface area contributed by atoms with E-state index in [1.165, 1.54) is 22.9 Å². The second-order valence-electron chi connectivity index (χ2n) is 8.05. The molecule has 2 aliphatic heterocycles. The molecule has 0 bridgehead atoms. The number of anilines is 1. The average Bonchev–Trinajstić information content (AvgIpc) is 3.32. The van der Waals surface area contributed by atoms with Gasteiger partial charge < -0.3 is 29.0 Å². The number of hydrogen-bond acceptors (Lipinski definition) is 6. The number of rotatable bonds is 8. The number of ether oxygens (including phenoxy) is 2. The molecule has 0 saturated carbocycles. The van der Waals surface area contributed by atoms with Crippen molar-refractivity contribution in [1.29, 1.82) is 0 Å². The summed E-state index contributed by atoms with van der Waals surface area (Å²) < 4.78 is 16.4. The van der Waals surface area contributed by atoms with Crippen molar-refractivity contribution in [2.75, 3.05) is 50.8 Å². The number of carbonyl (C=O) groups excluding carboxylic acids is 1. The highest BCUT2D eigenvalue weighted by Crippen LogP contribution is 2.13. The molecule has 0 unspecified atom stereocenters. The number of quaternary nitrogens is 1. The average molecular weight is 429 g/mol. The number of benzene rings is 1. The fourth-order valence-corrected chi connectivity index (χ4v) is 4.01. The Morgan fingerprint density at radius 1 is 1.23 bits per heavy atom. The summed E-state index contributed by atoms with van der Waals surface area (Å²) in [6, 6.07) is 11.9. The van der Waals surface area contributed by atoms with Crippen LogP contribution in [-0.4, -0.2) is 57.9 Å². The van der Waals surface area contributed by atoms with Gasteiger partial charge in [0.15, 0.2) is 12.4 Å². The summed E-state index contributed by atoms with van der Waals surface area (Å²) in [7, 11) is 0. The second kappa shape index (κ2) is 10.5. The molecule has 1 amide bonds. The fourth-order valence-electron chi connectivity index (χ4n) is 4.01. The SMILES string of the molecule is O=C(COc1coc(C[NH+]2CCN(c3ccccc3)CC2)cc1=O)NC[C@@H]1CCCO1. The third-order valence-corrected chi connectivity index (χ3v) is 5.78. The zero-order valence-corrected chi connectivity index (χ0v) is 17.7. The Kier molecular flexibility index (Phi) is 7.22. The van der Waals surface area contributed by atoms with Gasteiger partial charge in [0, 0.05) is 24.9 Å². The number of piperazine rings is 1. The monoisotopic (exact) mass is 428 g/mol. The molecular weight excluding hydrogens is 398 g/mol. The summed E-state index contributed by atoms with van der Waals surface area (Å²) in [6.07, 6.45) is 3.36. The number of nitrogens with one attached hydrogen (secondary N) is 2. The van der Waals surface area contributed by atoms with Gasteiger partial charge in [0.2, 0.25) is 11.2 Å². The van der Waals surface area contributed by atoms with Crippen LogP contribution in [0.2, 0.25) is 0 Å². The van der Waals surface area contributed by atoms with Crippen LogP contribution in [0.5, 0.6) is 5.75 Å². The maximum absolute atomic E-state index is 12.3. The van der Waals surface area contributed by atoms with Crippen molar-refractivity contribution in [1.82, 2.24) is 5.32 Å². The lowest BCUT2D eigenvalue weighted by molar-refractivity contribution is -0.915. The van der Waals surface area contributed by atoms with Gasteiger partial charge in [0.05, 0.1) is 32.3 Å². The molecule has 8 heteroatoms. The van der Waals surface area contributed by atoms with Crippen molar-refractivity contribution < 1.29 is 23.6 Å². The molecule has 0 spiro atoms. The predicted octanol–water partition coefficient (Wildman–Crippen LogP) is 0.219. The van der Waals surface area contributed by atoms with Crippen LogP contribution in [-0.2, 0) is 16.1 Å². The van der Waals surface area contributed by atoms with E-state index in [2.05, 4.69) is 34.5 Å². The van der Waals surface area contributed by atoms with E-state index >= 15 is 0 Å². The van der Waals surface area contributed by atoms with Crippen LogP contribution < -0.4 is 25.3 Å². The lowest BCUT2D eigenvalue weighted by Gasteiger charge is -2.33. The van der Waals surface area contributed by atoms with Crippen molar-refractivity contribution in [3.05, 3.63) is 58.6 Å². The molecule has 0 radical (unpaired) electrons. The first-order chi connectivity index (χ1) is 15.2. The number of carbonyl (C=O) groups is 1. The molecule has 8 nitrogen and oxygen atoms in total. The molecular formula is C23H30N3O5+. The first-order valence-electron chi connectivity index (χ1n) is 10.9. The summed E-state index contributed by atoms with van der Waals surface area (Å²) in [4.78, 5) is 28.0. The van der Waals surface area contributed by atoms with Gasteiger partial charge in [0.25, 0.3) is 5.91 Å². The molecule has 31 heavy (non-hydrogen) atoms. The van der Waals surface area contributed by atoms with E-state index in [-0.39, 0.29) is 29.8 Å². The van der Waals surface area contributed by atoms with Crippen molar-refractivity contribution in [3.8, 4) is 5.75 Å². The van der Waals surface area contributed by atoms with Crippen LogP contribution in [0.1, 0.15) is 18.6 Å². The topological polar surface area (TPSA) is 85.5 Å². The zero-order chi connectivity index (χ0) is 21.5. The smallest absolute Gasteiger partial charge is 0.258 e. The molecule has 2 aliphatic rings. The van der Waals surface area contributed by atoms with E-state index in [0.29, 0.717) is 18.8 Å². The van der Waals surface area contributed by atoms with Gasteiger partial charge in [0.1, 0.15) is 12.8 Å². The van der Waals surface area contributed by atoms with Crippen LogP contribution in [0, 0.1) is 0 Å². The van der Waals surface area contributed by atoms with E-state index in [4.69, 9.17) is 13.9 Å². The summed E-state index contributed by atoms with van der Waals surface area (Å²) in [5, 5.41) is 2.77. The van der Waals surface area contributed by atoms with Gasteiger partial charge in [-0.25, -0.2) is 0 Å². The lowest BCUT2D eigenvalue weighted by Crippen LogP contribution is -3.13. The van der Waals surface area contributed by atoms with Crippen molar-refractivity contribution >= 4 is 11.6 Å². The van der Waals surface area contributed by atoms with Crippen molar-refractivity contribution in [3.63, 3.8) is 0 Å². The van der Waals surface area contributed by atoms with Crippen LogP contribution in [0.4, 0.5) is 5.69 Å². The highest BCUT2D eigenvalue weighted by atomic mass is 16.5. The molecule has 0 aliphatic carbocycles. The number of para-hydroxylation sites is 1. The highest BCUT2D eigenvalue weighted by molar-refractivity contribution is 5.77. The number of nitrogens with zero attached hydrogens (tertiary/aromatic N) is 1. The third-order valence-electron chi connectivity index (χ3n) is 5.78. The van der Waals surface area contributed by atoms with Crippen molar-refractivity contribution in [2.45, 2.75) is 25.5 Å². The van der Waals surface area contributed by atoms with Crippen molar-refractivity contribution in [2.24, 2.45) is 0 Å². The minimum atomic E-state index is -0.278. The Bertz CT molecular complexity index is 903. The highest BCUT2D eigenvalue weighted by Gasteiger charge is 2.21. The molecule has 1 atom stereocenters. The minimum absolute atomic E-state index is 0.0555. The lowest BCUT2D eigenvalue weighted by atomic mass is 10.2. The Balaban J connectivity index is 1.21. The molecule has 1 aromatic carbocycles. The molecule has 2 aromatic rings. The summed E-state index contributed by atoms with van der Waals surface area (Å²) in [6.45, 7) is 5.52. The molecule has 2 fully saturated rings. The summed E-state index contributed by atoms with van der Waals surface area (Å²) >= 11 is 0. The van der Waals surface area contributed by atoms with E-state index in [9.17, 15) is 9.59 Å². The van der Waals surface area contributed by atoms with E-state index in [0.717, 1.165) is 45.6 Å². The van der Waals surface area contributed by atoms with Crippen LogP contribution in [0.25, 0.3) is 0 Å². The largest absolute Gasteiger partial charge is 0.477 e. The van der Waals surface area contributed by atoms with Crippen LogP contribution in [0.15, 0.2) is 51.9 Å². The number of amides is 1.